The number of aryl methyl sites for hydroxylation is 2. The van der Waals surface area contributed by atoms with Crippen LogP contribution in [0.3, 0.4) is 0 Å². The summed E-state index contributed by atoms with van der Waals surface area (Å²) in [5.74, 6) is 1.09. The van der Waals surface area contributed by atoms with Crippen molar-refractivity contribution in [2.75, 3.05) is 6.61 Å². The molecule has 0 atom stereocenters. The minimum Gasteiger partial charge on any atom is -0.484 e. The van der Waals surface area contributed by atoms with Gasteiger partial charge in [0.1, 0.15) is 22.9 Å². The van der Waals surface area contributed by atoms with E-state index in [1.807, 2.05) is 12.1 Å². The van der Waals surface area contributed by atoms with Crippen molar-refractivity contribution in [3.8, 4) is 5.75 Å². The Kier molecular flexibility index (Phi) is 4.61. The Hall–Kier alpha value is -2.82. The zero-order valence-corrected chi connectivity index (χ0v) is 14.4. The van der Waals surface area contributed by atoms with Crippen LogP contribution in [0, 0.1) is 5.82 Å². The summed E-state index contributed by atoms with van der Waals surface area (Å²) in [5.41, 5.74) is 2.58. The van der Waals surface area contributed by atoms with Crippen molar-refractivity contribution >= 4 is 16.9 Å². The van der Waals surface area contributed by atoms with Crippen LogP contribution in [0.2, 0.25) is 0 Å². The molecular formula is C21H20FNO3. The van der Waals surface area contributed by atoms with E-state index in [2.05, 4.69) is 5.32 Å². The van der Waals surface area contributed by atoms with Crippen LogP contribution in [0.15, 0.2) is 46.9 Å². The Labute approximate surface area is 151 Å². The van der Waals surface area contributed by atoms with Gasteiger partial charge in [0.2, 0.25) is 0 Å². The lowest BCUT2D eigenvalue weighted by Crippen LogP contribution is -2.28. The molecule has 4 rings (SSSR count). The van der Waals surface area contributed by atoms with E-state index in [-0.39, 0.29) is 24.9 Å². The number of rotatable bonds is 5. The molecule has 0 saturated heterocycles. The predicted octanol–water partition coefficient (Wildman–Crippen LogP) is 4.15. The van der Waals surface area contributed by atoms with Crippen LogP contribution in [0.4, 0.5) is 4.39 Å². The molecular weight excluding hydrogens is 333 g/mol. The Morgan fingerprint density at radius 3 is 2.88 bits per heavy atom. The molecule has 4 nitrogen and oxygen atoms in total. The van der Waals surface area contributed by atoms with E-state index in [1.54, 1.807) is 24.3 Å². The summed E-state index contributed by atoms with van der Waals surface area (Å²) in [6.45, 7) is 0.0309. The average Bonchev–Trinajstić information content (AvgIpc) is 3.04. The lowest BCUT2D eigenvalue weighted by Gasteiger charge is -2.10. The molecule has 5 heteroatoms. The number of furan rings is 1. The molecule has 0 fully saturated rings. The highest BCUT2D eigenvalue weighted by atomic mass is 19.1. The number of carbonyl (C=O) groups excluding carboxylic acids is 1. The molecule has 1 amide bonds. The minimum atomic E-state index is -0.330. The molecule has 1 aliphatic rings. The van der Waals surface area contributed by atoms with Crippen molar-refractivity contribution in [1.29, 1.82) is 0 Å². The van der Waals surface area contributed by atoms with E-state index >= 15 is 0 Å². The Morgan fingerprint density at radius 2 is 2.00 bits per heavy atom. The van der Waals surface area contributed by atoms with E-state index in [0.717, 1.165) is 29.6 Å². The number of nitrogens with one attached hydrogen (secondary N) is 1. The third-order valence-corrected chi connectivity index (χ3v) is 4.73. The number of carbonyl (C=O) groups is 1. The van der Waals surface area contributed by atoms with Gasteiger partial charge in [-0.05, 0) is 43.5 Å². The molecule has 134 valence electrons. The molecule has 0 unspecified atom stereocenters. The number of hydrogen-bond donors (Lipinski definition) is 1. The number of benzene rings is 2. The second kappa shape index (κ2) is 7.20. The quantitative estimate of drug-likeness (QED) is 0.750. The molecule has 3 aromatic rings. The third kappa shape index (κ3) is 3.43. The van der Waals surface area contributed by atoms with Gasteiger partial charge < -0.3 is 14.5 Å². The third-order valence-electron chi connectivity index (χ3n) is 4.73. The fourth-order valence-electron chi connectivity index (χ4n) is 3.37. The van der Waals surface area contributed by atoms with E-state index in [0.29, 0.717) is 11.3 Å². The van der Waals surface area contributed by atoms with Crippen LogP contribution in [-0.4, -0.2) is 12.5 Å². The molecule has 0 spiro atoms. The second-order valence-corrected chi connectivity index (χ2v) is 6.53. The maximum Gasteiger partial charge on any atom is 0.258 e. The van der Waals surface area contributed by atoms with E-state index in [9.17, 15) is 9.18 Å². The summed E-state index contributed by atoms with van der Waals surface area (Å²) in [5, 5.41) is 3.74. The Balaban J connectivity index is 1.38. The van der Waals surface area contributed by atoms with Gasteiger partial charge in [0.05, 0.1) is 0 Å². The van der Waals surface area contributed by atoms with Crippen LogP contribution < -0.4 is 10.1 Å². The summed E-state index contributed by atoms with van der Waals surface area (Å²) in [6, 6.07) is 12.0. The first-order chi connectivity index (χ1) is 12.7. The lowest BCUT2D eigenvalue weighted by molar-refractivity contribution is -0.123. The number of fused-ring (bicyclic) bond motifs is 3. The van der Waals surface area contributed by atoms with Crippen molar-refractivity contribution in [2.45, 2.75) is 32.2 Å². The van der Waals surface area contributed by atoms with Gasteiger partial charge in [0, 0.05) is 29.5 Å². The van der Waals surface area contributed by atoms with Gasteiger partial charge in [-0.3, -0.25) is 4.79 Å². The molecule has 1 N–H and O–H groups in total. The molecule has 0 radical (unpaired) electrons. The first-order valence-corrected chi connectivity index (χ1v) is 8.88. The summed E-state index contributed by atoms with van der Waals surface area (Å²) >= 11 is 0. The van der Waals surface area contributed by atoms with Crippen LogP contribution in [0.5, 0.6) is 5.75 Å². The highest BCUT2D eigenvalue weighted by molar-refractivity contribution is 5.84. The smallest absolute Gasteiger partial charge is 0.258 e. The van der Waals surface area contributed by atoms with Gasteiger partial charge in [0.25, 0.3) is 5.91 Å². The largest absolute Gasteiger partial charge is 0.484 e. The zero-order valence-electron chi connectivity index (χ0n) is 14.4. The zero-order chi connectivity index (χ0) is 17.9. The van der Waals surface area contributed by atoms with Crippen LogP contribution in [0.1, 0.15) is 29.7 Å². The molecule has 1 aliphatic carbocycles. The molecule has 1 aromatic heterocycles. The van der Waals surface area contributed by atoms with Crippen LogP contribution in [-0.2, 0) is 24.2 Å². The van der Waals surface area contributed by atoms with E-state index < -0.39 is 0 Å². The number of ether oxygens (including phenoxy) is 1. The number of hydrogen-bond acceptors (Lipinski definition) is 3. The topological polar surface area (TPSA) is 51.5 Å². The monoisotopic (exact) mass is 353 g/mol. The van der Waals surface area contributed by atoms with Crippen molar-refractivity contribution in [3.63, 3.8) is 0 Å². The van der Waals surface area contributed by atoms with Gasteiger partial charge >= 0.3 is 0 Å². The molecule has 26 heavy (non-hydrogen) atoms. The summed E-state index contributed by atoms with van der Waals surface area (Å²) in [7, 11) is 0. The van der Waals surface area contributed by atoms with Gasteiger partial charge in [-0.25, -0.2) is 4.39 Å². The molecule has 0 aliphatic heterocycles. The number of amides is 1. The summed E-state index contributed by atoms with van der Waals surface area (Å²) < 4.78 is 25.1. The lowest BCUT2D eigenvalue weighted by atomic mass is 9.96. The molecule has 0 saturated carbocycles. The Morgan fingerprint density at radius 1 is 1.15 bits per heavy atom. The highest BCUT2D eigenvalue weighted by Gasteiger charge is 2.18. The Bertz CT molecular complexity index is 948. The van der Waals surface area contributed by atoms with Gasteiger partial charge in [-0.15, -0.1) is 0 Å². The van der Waals surface area contributed by atoms with Crippen molar-refractivity contribution < 1.29 is 18.3 Å². The fraction of sp³-hybridized carbons (Fsp3) is 0.286. The fourth-order valence-corrected chi connectivity index (χ4v) is 3.37. The molecule has 0 bridgehead atoms. The van der Waals surface area contributed by atoms with Crippen molar-refractivity contribution in [2.24, 2.45) is 0 Å². The van der Waals surface area contributed by atoms with Crippen LogP contribution in [0.25, 0.3) is 11.0 Å². The maximum absolute atomic E-state index is 13.6. The standard InChI is InChI=1S/C21H20FNO3/c22-18-7-3-1-5-14(18)12-23-21(24)13-25-15-9-10-20-17(11-15)16-6-2-4-8-19(16)26-20/h1,3,5,7,9-11H,2,4,6,8,12-13H2,(H,23,24). The van der Waals surface area contributed by atoms with Gasteiger partial charge in [-0.2, -0.15) is 0 Å². The molecule has 2 aromatic carbocycles. The highest BCUT2D eigenvalue weighted by Crippen LogP contribution is 2.33. The minimum absolute atomic E-state index is 0.111. The van der Waals surface area contributed by atoms with Crippen molar-refractivity contribution in [1.82, 2.24) is 5.32 Å². The summed E-state index contributed by atoms with van der Waals surface area (Å²) in [6.07, 6.45) is 4.34. The van der Waals surface area contributed by atoms with Crippen molar-refractivity contribution in [3.05, 3.63) is 65.2 Å². The van der Waals surface area contributed by atoms with Crippen LogP contribution >= 0.6 is 0 Å². The number of halogens is 1. The predicted molar refractivity (Wildman–Crippen MR) is 96.6 cm³/mol. The van der Waals surface area contributed by atoms with Gasteiger partial charge in [0.15, 0.2) is 6.61 Å². The van der Waals surface area contributed by atoms with Gasteiger partial charge in [-0.1, -0.05) is 18.2 Å². The average molecular weight is 353 g/mol. The maximum atomic E-state index is 13.6. The van der Waals surface area contributed by atoms with E-state index in [1.165, 1.54) is 24.5 Å². The molecule has 1 heterocycles. The first-order valence-electron chi connectivity index (χ1n) is 8.88. The SMILES string of the molecule is O=C(COc1ccc2oc3c(c2c1)CCCC3)NCc1ccccc1F. The first kappa shape index (κ1) is 16.6. The van der Waals surface area contributed by atoms with E-state index in [4.69, 9.17) is 9.15 Å². The normalized spacial score (nSPS) is 13.4. The summed E-state index contributed by atoms with van der Waals surface area (Å²) in [4.78, 5) is 12.0. The second-order valence-electron chi connectivity index (χ2n) is 6.53.